The van der Waals surface area contributed by atoms with Gasteiger partial charge in [0.15, 0.2) is 0 Å². The summed E-state index contributed by atoms with van der Waals surface area (Å²) in [4.78, 5) is 2.30. The van der Waals surface area contributed by atoms with Gasteiger partial charge in [-0.1, -0.05) is 19.8 Å². The van der Waals surface area contributed by atoms with Crippen molar-refractivity contribution < 1.29 is 0 Å². The van der Waals surface area contributed by atoms with E-state index >= 15 is 0 Å². The van der Waals surface area contributed by atoms with Crippen LogP contribution in [0, 0.1) is 17.8 Å². The molecule has 0 bridgehead atoms. The molecule has 1 unspecified atom stereocenters. The third-order valence-corrected chi connectivity index (χ3v) is 2.71. The van der Waals surface area contributed by atoms with Crippen LogP contribution in [0.25, 0.3) is 0 Å². The van der Waals surface area contributed by atoms with Gasteiger partial charge < -0.3 is 5.73 Å². The fraction of sp³-hybridized carbons (Fsp3) is 0.800. The molecule has 1 aliphatic heterocycles. The Morgan fingerprint density at radius 1 is 1.67 bits per heavy atom. The average Bonchev–Trinajstić information content (AvgIpc) is 1.97. The predicted octanol–water partition coefficient (Wildman–Crippen LogP) is 0.679. The Kier molecular flexibility index (Phi) is 2.76. The Morgan fingerprint density at radius 2 is 2.33 bits per heavy atom. The van der Waals surface area contributed by atoms with Crippen molar-refractivity contribution in [1.82, 2.24) is 4.90 Å². The standard InChI is InChI=1S/C10H18N2/c1-4-6-12-7-5-9(11)10(2,3)8-12/h1,9H,5-8,11H2,2-3H3. The number of likely N-dealkylation sites (tertiary alicyclic amines) is 1. The van der Waals surface area contributed by atoms with Gasteiger partial charge in [0.25, 0.3) is 0 Å². The van der Waals surface area contributed by atoms with Gasteiger partial charge >= 0.3 is 0 Å². The van der Waals surface area contributed by atoms with Crippen molar-refractivity contribution in [2.45, 2.75) is 26.3 Å². The minimum atomic E-state index is 0.217. The van der Waals surface area contributed by atoms with Gasteiger partial charge in [-0.3, -0.25) is 4.90 Å². The zero-order valence-electron chi connectivity index (χ0n) is 8.01. The summed E-state index contributed by atoms with van der Waals surface area (Å²) < 4.78 is 0. The van der Waals surface area contributed by atoms with Crippen LogP contribution in [0.1, 0.15) is 20.3 Å². The Hall–Kier alpha value is -0.520. The van der Waals surface area contributed by atoms with Crippen LogP contribution in [-0.2, 0) is 0 Å². The van der Waals surface area contributed by atoms with Crippen molar-refractivity contribution in [2.24, 2.45) is 11.1 Å². The van der Waals surface area contributed by atoms with Crippen LogP contribution in [0.2, 0.25) is 0 Å². The molecule has 68 valence electrons. The average molecular weight is 166 g/mol. The normalized spacial score (nSPS) is 29.7. The Morgan fingerprint density at radius 3 is 2.83 bits per heavy atom. The van der Waals surface area contributed by atoms with Crippen LogP contribution in [-0.4, -0.2) is 30.6 Å². The Balaban J connectivity index is 2.52. The van der Waals surface area contributed by atoms with Crippen LogP contribution in [0.3, 0.4) is 0 Å². The van der Waals surface area contributed by atoms with Crippen LogP contribution in [0.15, 0.2) is 0 Å². The van der Waals surface area contributed by atoms with Gasteiger partial charge in [0.1, 0.15) is 0 Å². The third kappa shape index (κ3) is 2.00. The minimum Gasteiger partial charge on any atom is -0.327 e. The number of hydrogen-bond donors (Lipinski definition) is 1. The molecule has 2 N–H and O–H groups in total. The molecule has 1 aliphatic rings. The molecule has 2 heteroatoms. The van der Waals surface area contributed by atoms with Crippen molar-refractivity contribution >= 4 is 0 Å². The van der Waals surface area contributed by atoms with Gasteiger partial charge in [0.05, 0.1) is 6.54 Å². The van der Waals surface area contributed by atoms with Gasteiger partial charge in [-0.2, -0.15) is 0 Å². The van der Waals surface area contributed by atoms with Crippen molar-refractivity contribution in [2.75, 3.05) is 19.6 Å². The second kappa shape index (κ2) is 3.47. The van der Waals surface area contributed by atoms with E-state index in [0.717, 1.165) is 26.1 Å². The SMILES string of the molecule is C#CCN1CCC(N)C(C)(C)C1. The monoisotopic (exact) mass is 166 g/mol. The summed E-state index contributed by atoms with van der Waals surface area (Å²) in [5, 5.41) is 0. The van der Waals surface area contributed by atoms with E-state index < -0.39 is 0 Å². The lowest BCUT2D eigenvalue weighted by molar-refractivity contribution is 0.107. The molecule has 0 aromatic carbocycles. The topological polar surface area (TPSA) is 29.3 Å². The fourth-order valence-electron chi connectivity index (χ4n) is 1.75. The van der Waals surface area contributed by atoms with E-state index in [-0.39, 0.29) is 5.41 Å². The molecule has 0 aromatic rings. The molecule has 0 aliphatic carbocycles. The summed E-state index contributed by atoms with van der Waals surface area (Å²) in [6.45, 7) is 7.25. The smallest absolute Gasteiger partial charge is 0.0599 e. The zero-order valence-corrected chi connectivity index (χ0v) is 8.01. The summed E-state index contributed by atoms with van der Waals surface area (Å²) >= 11 is 0. The molecule has 2 nitrogen and oxygen atoms in total. The van der Waals surface area contributed by atoms with Gasteiger partial charge in [-0.25, -0.2) is 0 Å². The number of terminal acetylenes is 1. The fourth-order valence-corrected chi connectivity index (χ4v) is 1.75. The highest BCUT2D eigenvalue weighted by molar-refractivity contribution is 4.95. The second-order valence-electron chi connectivity index (χ2n) is 4.30. The van der Waals surface area contributed by atoms with E-state index in [1.807, 2.05) is 0 Å². The second-order valence-corrected chi connectivity index (χ2v) is 4.30. The molecule has 1 saturated heterocycles. The van der Waals surface area contributed by atoms with E-state index in [0.29, 0.717) is 6.04 Å². The summed E-state index contributed by atoms with van der Waals surface area (Å²) in [5.41, 5.74) is 6.21. The molecule has 0 saturated carbocycles. The first-order chi connectivity index (χ1) is 5.56. The molecule has 0 spiro atoms. The van der Waals surface area contributed by atoms with Gasteiger partial charge in [-0.15, -0.1) is 6.42 Å². The lowest BCUT2D eigenvalue weighted by atomic mass is 9.80. The number of piperidine rings is 1. The van der Waals surface area contributed by atoms with E-state index in [1.54, 1.807) is 0 Å². The maximum absolute atomic E-state index is 5.99. The molecule has 1 heterocycles. The predicted molar refractivity (Wildman–Crippen MR) is 51.6 cm³/mol. The number of nitrogens with zero attached hydrogens (tertiary/aromatic N) is 1. The van der Waals surface area contributed by atoms with Crippen molar-refractivity contribution in [1.29, 1.82) is 0 Å². The van der Waals surface area contributed by atoms with E-state index in [9.17, 15) is 0 Å². The molecule has 0 aromatic heterocycles. The Labute approximate surface area is 75.1 Å². The highest BCUT2D eigenvalue weighted by atomic mass is 15.1. The summed E-state index contributed by atoms with van der Waals surface area (Å²) in [6, 6.07) is 0.325. The van der Waals surface area contributed by atoms with E-state index in [1.165, 1.54) is 0 Å². The van der Waals surface area contributed by atoms with Crippen LogP contribution >= 0.6 is 0 Å². The third-order valence-electron chi connectivity index (χ3n) is 2.71. The summed E-state index contributed by atoms with van der Waals surface area (Å²) in [6.07, 6.45) is 6.32. The van der Waals surface area contributed by atoms with E-state index in [4.69, 9.17) is 12.2 Å². The highest BCUT2D eigenvalue weighted by Crippen LogP contribution is 2.27. The molecule has 1 atom stereocenters. The molecular weight excluding hydrogens is 148 g/mol. The largest absolute Gasteiger partial charge is 0.327 e. The quantitative estimate of drug-likeness (QED) is 0.580. The van der Waals surface area contributed by atoms with Crippen LogP contribution < -0.4 is 5.73 Å². The highest BCUT2D eigenvalue weighted by Gasteiger charge is 2.32. The molecule has 0 radical (unpaired) electrons. The molecule has 1 rings (SSSR count). The number of nitrogens with two attached hydrogens (primary N) is 1. The zero-order chi connectivity index (χ0) is 9.19. The molecule has 0 amide bonds. The summed E-state index contributed by atoms with van der Waals surface area (Å²) in [5.74, 6) is 2.68. The van der Waals surface area contributed by atoms with Crippen LogP contribution in [0.4, 0.5) is 0 Å². The maximum atomic E-state index is 5.99. The molecular formula is C10H18N2. The van der Waals surface area contributed by atoms with Gasteiger partial charge in [0, 0.05) is 19.1 Å². The van der Waals surface area contributed by atoms with Gasteiger partial charge in [-0.05, 0) is 11.8 Å². The van der Waals surface area contributed by atoms with Crippen molar-refractivity contribution in [3.63, 3.8) is 0 Å². The summed E-state index contributed by atoms with van der Waals surface area (Å²) in [7, 11) is 0. The van der Waals surface area contributed by atoms with Crippen LogP contribution in [0.5, 0.6) is 0 Å². The van der Waals surface area contributed by atoms with Crippen molar-refractivity contribution in [3.05, 3.63) is 0 Å². The van der Waals surface area contributed by atoms with Gasteiger partial charge in [0.2, 0.25) is 0 Å². The van der Waals surface area contributed by atoms with Crippen molar-refractivity contribution in [3.8, 4) is 12.3 Å². The first kappa shape index (κ1) is 9.57. The lowest BCUT2D eigenvalue weighted by Crippen LogP contribution is -2.52. The van der Waals surface area contributed by atoms with E-state index in [2.05, 4.69) is 24.7 Å². The number of hydrogen-bond acceptors (Lipinski definition) is 2. The maximum Gasteiger partial charge on any atom is 0.0599 e. The lowest BCUT2D eigenvalue weighted by Gasteiger charge is -2.41. The Bertz CT molecular complexity index is 191. The molecule has 1 fully saturated rings. The first-order valence-electron chi connectivity index (χ1n) is 4.47. The minimum absolute atomic E-state index is 0.217. The first-order valence-corrected chi connectivity index (χ1v) is 4.47. The molecule has 12 heavy (non-hydrogen) atoms. The number of rotatable bonds is 1.